The number of nitrogens with one attached hydrogen (secondary N) is 1. The summed E-state index contributed by atoms with van der Waals surface area (Å²) < 4.78 is 0. The number of nitrogens with zero attached hydrogens (tertiary/aromatic N) is 1. The smallest absolute Gasteiger partial charge is 0.00386 e. The molecule has 1 rings (SSSR count). The third-order valence-corrected chi connectivity index (χ3v) is 5.33. The summed E-state index contributed by atoms with van der Waals surface area (Å²) in [7, 11) is 0. The van der Waals surface area contributed by atoms with Crippen LogP contribution in [0, 0.1) is 5.41 Å². The first kappa shape index (κ1) is 17.0. The van der Waals surface area contributed by atoms with Gasteiger partial charge in [0.25, 0.3) is 0 Å². The molecule has 1 aliphatic rings. The van der Waals surface area contributed by atoms with E-state index in [0.29, 0.717) is 11.5 Å². The molecule has 0 radical (unpaired) electrons. The number of hydrogen-bond acceptors (Lipinski definition) is 2. The molecular weight excluding hydrogens is 232 g/mol. The quantitative estimate of drug-likeness (QED) is 0.635. The van der Waals surface area contributed by atoms with Gasteiger partial charge in [-0.05, 0) is 64.2 Å². The van der Waals surface area contributed by atoms with E-state index in [-0.39, 0.29) is 0 Å². The van der Waals surface area contributed by atoms with Gasteiger partial charge < -0.3 is 10.2 Å². The van der Waals surface area contributed by atoms with Crippen LogP contribution >= 0.6 is 0 Å². The number of rotatable bonds is 9. The first-order chi connectivity index (χ1) is 9.15. The monoisotopic (exact) mass is 268 g/mol. The van der Waals surface area contributed by atoms with Gasteiger partial charge in [-0.2, -0.15) is 0 Å². The van der Waals surface area contributed by atoms with Crippen LogP contribution in [0.2, 0.25) is 0 Å². The topological polar surface area (TPSA) is 15.3 Å². The second-order valence-electron chi connectivity index (χ2n) is 6.50. The molecule has 0 aliphatic carbocycles. The van der Waals surface area contributed by atoms with E-state index < -0.39 is 0 Å². The van der Waals surface area contributed by atoms with E-state index in [4.69, 9.17) is 0 Å². The highest BCUT2D eigenvalue weighted by molar-refractivity contribution is 4.83. The second-order valence-corrected chi connectivity index (χ2v) is 6.50. The molecule has 1 fully saturated rings. The van der Waals surface area contributed by atoms with Crippen LogP contribution in [-0.2, 0) is 0 Å². The molecule has 0 amide bonds. The van der Waals surface area contributed by atoms with Gasteiger partial charge in [-0.1, -0.05) is 40.0 Å². The Balaban J connectivity index is 2.10. The highest BCUT2D eigenvalue weighted by Gasteiger charge is 2.30. The number of piperidine rings is 1. The molecule has 1 atom stereocenters. The SMILES string of the molecule is CCNC(C)CCCCN1CCC(CC)(CC)CC1. The Morgan fingerprint density at radius 3 is 2.21 bits per heavy atom. The van der Waals surface area contributed by atoms with Gasteiger partial charge in [-0.25, -0.2) is 0 Å². The molecule has 1 unspecified atom stereocenters. The lowest BCUT2D eigenvalue weighted by atomic mass is 9.74. The van der Waals surface area contributed by atoms with Crippen molar-refractivity contribution < 1.29 is 0 Å². The summed E-state index contributed by atoms with van der Waals surface area (Å²) in [5.74, 6) is 0. The zero-order valence-corrected chi connectivity index (χ0v) is 13.8. The van der Waals surface area contributed by atoms with Crippen molar-refractivity contribution in [2.75, 3.05) is 26.2 Å². The van der Waals surface area contributed by atoms with Crippen LogP contribution in [0.4, 0.5) is 0 Å². The van der Waals surface area contributed by atoms with E-state index in [1.807, 2.05) is 0 Å². The Morgan fingerprint density at radius 2 is 1.68 bits per heavy atom. The molecule has 2 nitrogen and oxygen atoms in total. The van der Waals surface area contributed by atoms with E-state index in [1.54, 1.807) is 0 Å². The molecule has 0 aromatic heterocycles. The van der Waals surface area contributed by atoms with Crippen molar-refractivity contribution in [2.45, 2.75) is 78.7 Å². The molecule has 0 aromatic carbocycles. The minimum absolute atomic E-state index is 0.677. The summed E-state index contributed by atoms with van der Waals surface area (Å²) in [6, 6.07) is 0.694. The molecule has 114 valence electrons. The molecule has 1 heterocycles. The molecule has 2 heteroatoms. The van der Waals surface area contributed by atoms with Crippen molar-refractivity contribution in [1.82, 2.24) is 10.2 Å². The average molecular weight is 268 g/mol. The molecule has 0 aromatic rings. The van der Waals surface area contributed by atoms with Gasteiger partial charge in [0.2, 0.25) is 0 Å². The number of hydrogen-bond donors (Lipinski definition) is 1. The third-order valence-electron chi connectivity index (χ3n) is 5.33. The fraction of sp³-hybridized carbons (Fsp3) is 1.00. The fourth-order valence-corrected chi connectivity index (χ4v) is 3.44. The van der Waals surface area contributed by atoms with E-state index >= 15 is 0 Å². The largest absolute Gasteiger partial charge is 0.315 e. The van der Waals surface area contributed by atoms with Crippen molar-refractivity contribution in [3.05, 3.63) is 0 Å². The van der Waals surface area contributed by atoms with Crippen LogP contribution in [0.25, 0.3) is 0 Å². The van der Waals surface area contributed by atoms with Crippen LogP contribution < -0.4 is 5.32 Å². The Bertz CT molecular complexity index is 213. The van der Waals surface area contributed by atoms with Crippen molar-refractivity contribution in [2.24, 2.45) is 5.41 Å². The second kappa shape index (κ2) is 8.97. The summed E-state index contributed by atoms with van der Waals surface area (Å²) in [5.41, 5.74) is 0.677. The van der Waals surface area contributed by atoms with Crippen molar-refractivity contribution in [3.8, 4) is 0 Å². The zero-order valence-electron chi connectivity index (χ0n) is 13.8. The van der Waals surface area contributed by atoms with Crippen LogP contribution in [0.15, 0.2) is 0 Å². The standard InChI is InChI=1S/C17H36N2/c1-5-17(6-2)11-14-19(15-12-17)13-9-8-10-16(4)18-7-3/h16,18H,5-15H2,1-4H3. The van der Waals surface area contributed by atoms with Crippen molar-refractivity contribution >= 4 is 0 Å². The van der Waals surface area contributed by atoms with Gasteiger partial charge in [-0.3, -0.25) is 0 Å². The first-order valence-corrected chi connectivity index (χ1v) is 8.61. The Labute approximate surface area is 121 Å². The Kier molecular flexibility index (Phi) is 8.01. The fourth-order valence-electron chi connectivity index (χ4n) is 3.44. The molecule has 0 saturated carbocycles. The van der Waals surface area contributed by atoms with Gasteiger partial charge in [0.1, 0.15) is 0 Å². The van der Waals surface area contributed by atoms with Gasteiger partial charge in [-0.15, -0.1) is 0 Å². The van der Waals surface area contributed by atoms with Crippen molar-refractivity contribution in [1.29, 1.82) is 0 Å². The molecule has 19 heavy (non-hydrogen) atoms. The predicted molar refractivity (Wildman–Crippen MR) is 85.7 cm³/mol. The summed E-state index contributed by atoms with van der Waals surface area (Å²) in [4.78, 5) is 2.70. The van der Waals surface area contributed by atoms with Crippen molar-refractivity contribution in [3.63, 3.8) is 0 Å². The maximum absolute atomic E-state index is 3.50. The maximum Gasteiger partial charge on any atom is 0.00386 e. The highest BCUT2D eigenvalue weighted by atomic mass is 15.1. The van der Waals surface area contributed by atoms with Gasteiger partial charge in [0, 0.05) is 6.04 Å². The number of likely N-dealkylation sites (tertiary alicyclic amines) is 1. The lowest BCUT2D eigenvalue weighted by Gasteiger charge is -2.41. The predicted octanol–water partition coefficient (Wildman–Crippen LogP) is 4.06. The zero-order chi connectivity index (χ0) is 14.1. The van der Waals surface area contributed by atoms with Crippen LogP contribution in [0.1, 0.15) is 72.6 Å². The van der Waals surface area contributed by atoms with Crippen LogP contribution in [0.3, 0.4) is 0 Å². The third kappa shape index (κ3) is 5.83. The molecule has 1 saturated heterocycles. The average Bonchev–Trinajstić information content (AvgIpc) is 2.45. The van der Waals surface area contributed by atoms with E-state index in [9.17, 15) is 0 Å². The van der Waals surface area contributed by atoms with Crippen LogP contribution in [0.5, 0.6) is 0 Å². The summed E-state index contributed by atoms with van der Waals surface area (Å²) >= 11 is 0. The molecular formula is C17H36N2. The maximum atomic E-state index is 3.50. The lowest BCUT2D eigenvalue weighted by Crippen LogP contribution is -2.40. The molecule has 0 bridgehead atoms. The lowest BCUT2D eigenvalue weighted by molar-refractivity contribution is 0.0941. The highest BCUT2D eigenvalue weighted by Crippen LogP contribution is 2.37. The molecule has 1 N–H and O–H groups in total. The van der Waals surface area contributed by atoms with Gasteiger partial charge >= 0.3 is 0 Å². The Hall–Kier alpha value is -0.0800. The van der Waals surface area contributed by atoms with E-state index in [2.05, 4.69) is 37.9 Å². The summed E-state index contributed by atoms with van der Waals surface area (Å²) in [5, 5.41) is 3.50. The van der Waals surface area contributed by atoms with E-state index in [0.717, 1.165) is 6.54 Å². The number of unbranched alkanes of at least 4 members (excludes halogenated alkanes) is 1. The molecule has 0 spiro atoms. The van der Waals surface area contributed by atoms with Gasteiger partial charge in [0.15, 0.2) is 0 Å². The molecule has 1 aliphatic heterocycles. The summed E-state index contributed by atoms with van der Waals surface area (Å²) in [6.45, 7) is 14.3. The minimum Gasteiger partial charge on any atom is -0.315 e. The normalized spacial score (nSPS) is 21.5. The first-order valence-electron chi connectivity index (χ1n) is 8.61. The Morgan fingerprint density at radius 1 is 1.05 bits per heavy atom. The van der Waals surface area contributed by atoms with Gasteiger partial charge in [0.05, 0.1) is 0 Å². The van der Waals surface area contributed by atoms with Crippen LogP contribution in [-0.4, -0.2) is 37.1 Å². The van der Waals surface area contributed by atoms with E-state index in [1.165, 1.54) is 64.6 Å². The summed E-state index contributed by atoms with van der Waals surface area (Å²) in [6.07, 6.45) is 9.67. The minimum atomic E-state index is 0.677.